The van der Waals surface area contributed by atoms with Crippen LogP contribution in [-0.2, 0) is 4.79 Å². The first-order valence-electron chi connectivity index (χ1n) is 8.91. The van der Waals surface area contributed by atoms with Gasteiger partial charge in [0.1, 0.15) is 11.6 Å². The molecule has 0 radical (unpaired) electrons. The normalized spacial score (nSPS) is 14.2. The number of anilines is 2. The fourth-order valence-electron chi connectivity index (χ4n) is 3.03. The van der Waals surface area contributed by atoms with Gasteiger partial charge < -0.3 is 19.9 Å². The molecule has 0 bridgehead atoms. The Morgan fingerprint density at radius 3 is 2.42 bits per heavy atom. The van der Waals surface area contributed by atoms with Crippen molar-refractivity contribution in [3.63, 3.8) is 0 Å². The van der Waals surface area contributed by atoms with Crippen LogP contribution in [0.4, 0.5) is 15.8 Å². The summed E-state index contributed by atoms with van der Waals surface area (Å²) in [5.74, 6) is 0.644. The van der Waals surface area contributed by atoms with E-state index in [0.29, 0.717) is 38.5 Å². The van der Waals surface area contributed by atoms with Gasteiger partial charge in [0.05, 0.1) is 18.8 Å². The smallest absolute Gasteiger partial charge is 0.241 e. The van der Waals surface area contributed by atoms with Gasteiger partial charge in [-0.3, -0.25) is 4.79 Å². The van der Waals surface area contributed by atoms with E-state index in [-0.39, 0.29) is 18.3 Å². The third-order valence-electron chi connectivity index (χ3n) is 4.43. The molecule has 1 saturated heterocycles. The minimum atomic E-state index is -0.218. The third kappa shape index (κ3) is 4.45. The lowest BCUT2D eigenvalue weighted by atomic mass is 10.2. The summed E-state index contributed by atoms with van der Waals surface area (Å²) in [7, 11) is 0. The molecule has 138 valence electrons. The largest absolute Gasteiger partial charge is 0.494 e. The number of hydrogen-bond donors (Lipinski definition) is 1. The standard InChI is InChI=1S/C20H24FN3O2/c1-2-26-17-9-7-16(8-10-17)22-15-20(25)24-13-11-23(12-14-24)19-6-4-3-5-18(19)21/h3-10,22H,2,11-15H2,1H3. The van der Waals surface area contributed by atoms with Crippen molar-refractivity contribution in [2.75, 3.05) is 49.5 Å². The predicted octanol–water partition coefficient (Wildman–Crippen LogP) is 2.99. The summed E-state index contributed by atoms with van der Waals surface area (Å²) in [5, 5.41) is 3.14. The molecule has 1 amide bonds. The van der Waals surface area contributed by atoms with Crippen LogP contribution >= 0.6 is 0 Å². The van der Waals surface area contributed by atoms with Crippen LogP contribution in [-0.4, -0.2) is 50.1 Å². The first kappa shape index (κ1) is 18.0. The molecule has 0 aliphatic carbocycles. The van der Waals surface area contributed by atoms with E-state index in [0.717, 1.165) is 11.4 Å². The van der Waals surface area contributed by atoms with Crippen molar-refractivity contribution in [3.8, 4) is 5.75 Å². The van der Waals surface area contributed by atoms with Crippen molar-refractivity contribution < 1.29 is 13.9 Å². The molecule has 1 heterocycles. The molecule has 0 saturated carbocycles. The second-order valence-electron chi connectivity index (χ2n) is 6.13. The molecular formula is C20H24FN3O2. The van der Waals surface area contributed by atoms with Crippen molar-refractivity contribution >= 4 is 17.3 Å². The van der Waals surface area contributed by atoms with Gasteiger partial charge in [0.25, 0.3) is 0 Å². The Hall–Kier alpha value is -2.76. The van der Waals surface area contributed by atoms with E-state index in [1.54, 1.807) is 12.1 Å². The Morgan fingerprint density at radius 2 is 1.77 bits per heavy atom. The van der Waals surface area contributed by atoms with E-state index in [1.807, 2.05) is 47.1 Å². The average Bonchev–Trinajstić information content (AvgIpc) is 2.68. The maximum absolute atomic E-state index is 13.9. The highest BCUT2D eigenvalue weighted by molar-refractivity contribution is 5.81. The van der Waals surface area contributed by atoms with Crippen LogP contribution in [0.15, 0.2) is 48.5 Å². The maximum atomic E-state index is 13.9. The minimum absolute atomic E-state index is 0.0482. The molecule has 0 atom stereocenters. The fourth-order valence-corrected chi connectivity index (χ4v) is 3.03. The highest BCUT2D eigenvalue weighted by Crippen LogP contribution is 2.20. The van der Waals surface area contributed by atoms with E-state index in [1.165, 1.54) is 6.07 Å². The van der Waals surface area contributed by atoms with Gasteiger partial charge in [-0.1, -0.05) is 12.1 Å². The summed E-state index contributed by atoms with van der Waals surface area (Å²) in [6.45, 7) is 5.27. The summed E-state index contributed by atoms with van der Waals surface area (Å²) >= 11 is 0. The van der Waals surface area contributed by atoms with E-state index in [9.17, 15) is 9.18 Å². The second kappa shape index (κ2) is 8.56. The van der Waals surface area contributed by atoms with Gasteiger partial charge in [-0.05, 0) is 43.3 Å². The molecule has 1 aliphatic rings. The number of nitrogens with zero attached hydrogens (tertiary/aromatic N) is 2. The Labute approximate surface area is 153 Å². The van der Waals surface area contributed by atoms with Gasteiger partial charge in [0.15, 0.2) is 0 Å². The third-order valence-corrected chi connectivity index (χ3v) is 4.43. The van der Waals surface area contributed by atoms with Gasteiger partial charge >= 0.3 is 0 Å². The van der Waals surface area contributed by atoms with Crippen LogP contribution in [0.25, 0.3) is 0 Å². The lowest BCUT2D eigenvalue weighted by Crippen LogP contribution is -2.50. The van der Waals surface area contributed by atoms with Crippen molar-refractivity contribution in [1.82, 2.24) is 4.90 Å². The van der Waals surface area contributed by atoms with E-state index in [2.05, 4.69) is 5.32 Å². The summed E-state index contributed by atoms with van der Waals surface area (Å²) in [6, 6.07) is 14.3. The van der Waals surface area contributed by atoms with Crippen LogP contribution in [0, 0.1) is 5.82 Å². The molecule has 1 aliphatic heterocycles. The quantitative estimate of drug-likeness (QED) is 0.863. The number of nitrogens with one attached hydrogen (secondary N) is 1. The highest BCUT2D eigenvalue weighted by atomic mass is 19.1. The summed E-state index contributed by atoms with van der Waals surface area (Å²) in [5.41, 5.74) is 1.49. The Morgan fingerprint density at radius 1 is 1.08 bits per heavy atom. The Balaban J connectivity index is 1.47. The second-order valence-corrected chi connectivity index (χ2v) is 6.13. The predicted molar refractivity (Wildman–Crippen MR) is 101 cm³/mol. The van der Waals surface area contributed by atoms with Crippen molar-refractivity contribution in [1.29, 1.82) is 0 Å². The first-order valence-corrected chi connectivity index (χ1v) is 8.91. The SMILES string of the molecule is CCOc1ccc(NCC(=O)N2CCN(c3ccccc3F)CC2)cc1. The van der Waals surface area contributed by atoms with E-state index < -0.39 is 0 Å². The van der Waals surface area contributed by atoms with Gasteiger partial charge in [-0.25, -0.2) is 4.39 Å². The number of halogens is 1. The number of piperazine rings is 1. The molecule has 0 spiro atoms. The maximum Gasteiger partial charge on any atom is 0.241 e. The Bertz CT molecular complexity index is 728. The van der Waals surface area contributed by atoms with Crippen molar-refractivity contribution in [3.05, 3.63) is 54.3 Å². The van der Waals surface area contributed by atoms with Gasteiger partial charge in [0, 0.05) is 31.9 Å². The van der Waals surface area contributed by atoms with Crippen LogP contribution < -0.4 is 15.0 Å². The molecule has 2 aromatic rings. The molecule has 6 heteroatoms. The van der Waals surface area contributed by atoms with Gasteiger partial charge in [-0.15, -0.1) is 0 Å². The number of rotatable bonds is 6. The fraction of sp³-hybridized carbons (Fsp3) is 0.350. The zero-order valence-corrected chi connectivity index (χ0v) is 15.0. The number of para-hydroxylation sites is 1. The summed E-state index contributed by atoms with van der Waals surface area (Å²) in [4.78, 5) is 16.2. The highest BCUT2D eigenvalue weighted by Gasteiger charge is 2.22. The zero-order chi connectivity index (χ0) is 18.4. The van der Waals surface area contributed by atoms with E-state index in [4.69, 9.17) is 4.74 Å². The van der Waals surface area contributed by atoms with Crippen LogP contribution in [0.2, 0.25) is 0 Å². The van der Waals surface area contributed by atoms with Crippen molar-refractivity contribution in [2.45, 2.75) is 6.92 Å². The van der Waals surface area contributed by atoms with Crippen molar-refractivity contribution in [2.24, 2.45) is 0 Å². The summed E-state index contributed by atoms with van der Waals surface area (Å²) in [6.07, 6.45) is 0. The molecule has 2 aromatic carbocycles. The van der Waals surface area contributed by atoms with Crippen LogP contribution in [0.1, 0.15) is 6.92 Å². The zero-order valence-electron chi connectivity index (χ0n) is 15.0. The molecular weight excluding hydrogens is 333 g/mol. The number of carbonyl (C=O) groups excluding carboxylic acids is 1. The molecule has 0 aromatic heterocycles. The molecule has 3 rings (SSSR count). The lowest BCUT2D eigenvalue weighted by Gasteiger charge is -2.36. The molecule has 26 heavy (non-hydrogen) atoms. The monoisotopic (exact) mass is 357 g/mol. The number of ether oxygens (including phenoxy) is 1. The van der Waals surface area contributed by atoms with Gasteiger partial charge in [0.2, 0.25) is 5.91 Å². The molecule has 1 fully saturated rings. The minimum Gasteiger partial charge on any atom is -0.494 e. The van der Waals surface area contributed by atoms with E-state index >= 15 is 0 Å². The topological polar surface area (TPSA) is 44.8 Å². The Kier molecular flexibility index (Phi) is 5.94. The number of benzene rings is 2. The number of hydrogen-bond acceptors (Lipinski definition) is 4. The average molecular weight is 357 g/mol. The first-order chi connectivity index (χ1) is 12.7. The molecule has 0 unspecified atom stereocenters. The van der Waals surface area contributed by atoms with Gasteiger partial charge in [-0.2, -0.15) is 0 Å². The number of amides is 1. The lowest BCUT2D eigenvalue weighted by molar-refractivity contribution is -0.129. The van der Waals surface area contributed by atoms with Crippen LogP contribution in [0.5, 0.6) is 5.75 Å². The van der Waals surface area contributed by atoms with Crippen LogP contribution in [0.3, 0.4) is 0 Å². The molecule has 1 N–H and O–H groups in total. The summed E-state index contributed by atoms with van der Waals surface area (Å²) < 4.78 is 19.3. The molecule has 5 nitrogen and oxygen atoms in total. The number of carbonyl (C=O) groups is 1.